The van der Waals surface area contributed by atoms with Crippen LogP contribution >= 0.6 is 0 Å². The highest BCUT2D eigenvalue weighted by molar-refractivity contribution is 6.09. The maximum absolute atomic E-state index is 2.46. The summed E-state index contributed by atoms with van der Waals surface area (Å²) in [4.78, 5) is 2.43. The van der Waals surface area contributed by atoms with Crippen LogP contribution in [0.1, 0.15) is 62.1 Å². The quantitative estimate of drug-likeness (QED) is 0.106. The third-order valence-corrected chi connectivity index (χ3v) is 11.5. The van der Waals surface area contributed by atoms with Crippen LogP contribution in [0.5, 0.6) is 0 Å². The monoisotopic (exact) mass is 721 g/mol. The maximum atomic E-state index is 2.46. The van der Waals surface area contributed by atoms with Gasteiger partial charge in [-0.05, 0) is 135 Å². The van der Waals surface area contributed by atoms with Gasteiger partial charge in [0, 0.05) is 22.7 Å². The average Bonchev–Trinajstić information content (AvgIpc) is 3.27. The SMILES string of the molecule is C/C=C\C(=C/C(C)c1cc2ccccc2c2ccccc12)c1ccc(N(c2ccc(-c3ccccc3)cc2)c2ccc(C3=CCCCC3)c3ccccc23)cc1. The van der Waals surface area contributed by atoms with Crippen LogP contribution in [0.2, 0.25) is 0 Å². The van der Waals surface area contributed by atoms with Gasteiger partial charge in [0.1, 0.15) is 0 Å². The summed E-state index contributed by atoms with van der Waals surface area (Å²) in [5, 5.41) is 7.79. The molecule has 8 aromatic rings. The molecule has 0 saturated heterocycles. The van der Waals surface area contributed by atoms with Crippen molar-refractivity contribution in [2.24, 2.45) is 0 Å². The molecule has 272 valence electrons. The van der Waals surface area contributed by atoms with Crippen molar-refractivity contribution < 1.29 is 0 Å². The molecule has 0 aliphatic heterocycles. The summed E-state index contributed by atoms with van der Waals surface area (Å²) in [6.07, 6.45) is 14.1. The van der Waals surface area contributed by atoms with E-state index in [4.69, 9.17) is 0 Å². The Morgan fingerprint density at radius 3 is 1.91 bits per heavy atom. The molecule has 1 heteroatoms. The molecule has 8 aromatic carbocycles. The second-order valence-corrected chi connectivity index (χ2v) is 15.1. The van der Waals surface area contributed by atoms with Gasteiger partial charge in [-0.3, -0.25) is 0 Å². The second kappa shape index (κ2) is 15.7. The van der Waals surface area contributed by atoms with Gasteiger partial charge in [-0.25, -0.2) is 0 Å². The lowest BCUT2D eigenvalue weighted by atomic mass is 9.88. The van der Waals surface area contributed by atoms with Crippen LogP contribution < -0.4 is 4.90 Å². The molecule has 0 spiro atoms. The van der Waals surface area contributed by atoms with Gasteiger partial charge >= 0.3 is 0 Å². The average molecular weight is 722 g/mol. The largest absolute Gasteiger partial charge is 0.310 e. The van der Waals surface area contributed by atoms with E-state index in [0.717, 1.165) is 17.8 Å². The zero-order chi connectivity index (χ0) is 37.8. The minimum absolute atomic E-state index is 0.208. The predicted molar refractivity (Wildman–Crippen MR) is 243 cm³/mol. The molecular formula is C55H47N. The Morgan fingerprint density at radius 1 is 0.571 bits per heavy atom. The van der Waals surface area contributed by atoms with E-state index in [1.807, 2.05) is 0 Å². The molecule has 0 fully saturated rings. The third kappa shape index (κ3) is 6.86. The van der Waals surface area contributed by atoms with Crippen LogP contribution in [0.3, 0.4) is 0 Å². The molecule has 0 radical (unpaired) electrons. The highest BCUT2D eigenvalue weighted by atomic mass is 15.1. The number of anilines is 3. The van der Waals surface area contributed by atoms with Gasteiger partial charge in [0.25, 0.3) is 0 Å². The Labute approximate surface area is 331 Å². The summed E-state index contributed by atoms with van der Waals surface area (Å²) in [6.45, 7) is 4.44. The normalized spacial score (nSPS) is 14.0. The lowest BCUT2D eigenvalue weighted by molar-refractivity contribution is 0.742. The predicted octanol–water partition coefficient (Wildman–Crippen LogP) is 16.0. The van der Waals surface area contributed by atoms with Gasteiger partial charge in [-0.1, -0.05) is 165 Å². The lowest BCUT2D eigenvalue weighted by Gasteiger charge is -2.28. The van der Waals surface area contributed by atoms with Gasteiger partial charge in [0.05, 0.1) is 5.69 Å². The zero-order valence-electron chi connectivity index (χ0n) is 32.3. The topological polar surface area (TPSA) is 3.24 Å². The molecule has 1 atom stereocenters. The molecule has 1 aliphatic carbocycles. The Hall–Kier alpha value is -6.44. The van der Waals surface area contributed by atoms with E-state index in [-0.39, 0.29) is 5.92 Å². The number of benzene rings is 8. The Kier molecular flexibility index (Phi) is 9.91. The molecule has 0 N–H and O–H groups in total. The molecule has 9 rings (SSSR count). The van der Waals surface area contributed by atoms with Crippen molar-refractivity contribution in [3.8, 4) is 11.1 Å². The van der Waals surface area contributed by atoms with Crippen LogP contribution in [0.4, 0.5) is 17.1 Å². The zero-order valence-corrected chi connectivity index (χ0v) is 32.3. The number of nitrogens with zero attached hydrogens (tertiary/aromatic N) is 1. The second-order valence-electron chi connectivity index (χ2n) is 15.1. The van der Waals surface area contributed by atoms with Gasteiger partial charge in [-0.2, -0.15) is 0 Å². The minimum atomic E-state index is 0.208. The van der Waals surface area contributed by atoms with Crippen LogP contribution in [0.15, 0.2) is 194 Å². The summed E-state index contributed by atoms with van der Waals surface area (Å²) in [5.74, 6) is 0.208. The van der Waals surface area contributed by atoms with Gasteiger partial charge in [0.15, 0.2) is 0 Å². The van der Waals surface area contributed by atoms with Crippen molar-refractivity contribution in [2.75, 3.05) is 4.90 Å². The highest BCUT2D eigenvalue weighted by Gasteiger charge is 2.19. The van der Waals surface area contributed by atoms with Gasteiger partial charge in [-0.15, -0.1) is 0 Å². The number of hydrogen-bond donors (Lipinski definition) is 0. The fourth-order valence-corrected chi connectivity index (χ4v) is 8.75. The van der Waals surface area contributed by atoms with Crippen LogP contribution in [0.25, 0.3) is 54.6 Å². The van der Waals surface area contributed by atoms with Crippen LogP contribution in [0, 0.1) is 0 Å². The van der Waals surface area contributed by atoms with E-state index < -0.39 is 0 Å². The van der Waals surface area contributed by atoms with E-state index in [2.05, 4.69) is 213 Å². The van der Waals surface area contributed by atoms with E-state index in [1.165, 1.54) is 96.2 Å². The van der Waals surface area contributed by atoms with Gasteiger partial charge in [0.2, 0.25) is 0 Å². The van der Waals surface area contributed by atoms with Gasteiger partial charge < -0.3 is 4.90 Å². The molecule has 1 nitrogen and oxygen atoms in total. The van der Waals surface area contributed by atoms with E-state index in [1.54, 1.807) is 0 Å². The molecule has 0 saturated carbocycles. The van der Waals surface area contributed by atoms with Crippen molar-refractivity contribution in [3.05, 3.63) is 211 Å². The number of rotatable bonds is 9. The summed E-state index contributed by atoms with van der Waals surface area (Å²) < 4.78 is 0. The van der Waals surface area contributed by atoms with E-state index in [9.17, 15) is 0 Å². The smallest absolute Gasteiger partial charge is 0.0540 e. The summed E-state index contributed by atoms with van der Waals surface area (Å²) in [7, 11) is 0. The molecular weight excluding hydrogens is 675 g/mol. The van der Waals surface area contributed by atoms with Crippen molar-refractivity contribution in [1.82, 2.24) is 0 Å². The van der Waals surface area contributed by atoms with Crippen LogP contribution in [-0.2, 0) is 0 Å². The molecule has 1 aliphatic rings. The summed E-state index contributed by atoms with van der Waals surface area (Å²) in [5.41, 5.74) is 12.5. The van der Waals surface area contributed by atoms with Crippen molar-refractivity contribution in [1.29, 1.82) is 0 Å². The fraction of sp³-hybridized carbons (Fsp3) is 0.127. The standard InChI is InChI=1S/C55H47N/c1-3-16-44(37-39(2)54-38-45-21-10-11-22-48(45)50-23-12-13-25-52(50)54)42-29-33-47(34-30-42)56(46-31-27-41(28-32-46)40-17-6-4-7-18-40)55-36-35-49(43-19-8-5-9-20-43)51-24-14-15-26-53(51)55/h3-4,6-7,10-19,21-39H,5,8-9,20H2,1-2H3/b16-3-,44-37+. The molecule has 0 amide bonds. The summed E-state index contributed by atoms with van der Waals surface area (Å²) >= 11 is 0. The molecule has 0 aromatic heterocycles. The van der Waals surface area contributed by atoms with Crippen molar-refractivity contribution in [2.45, 2.75) is 45.4 Å². The Bertz CT molecular complexity index is 2750. The Balaban J connectivity index is 1.13. The Morgan fingerprint density at radius 2 is 1.20 bits per heavy atom. The molecule has 0 heterocycles. The first-order valence-electron chi connectivity index (χ1n) is 20.2. The first-order chi connectivity index (χ1) is 27.7. The summed E-state index contributed by atoms with van der Waals surface area (Å²) in [6, 6.07) is 62.5. The number of hydrogen-bond acceptors (Lipinski definition) is 1. The number of allylic oxidation sites excluding steroid dienone is 6. The molecule has 0 bridgehead atoms. The van der Waals surface area contributed by atoms with Crippen LogP contribution in [-0.4, -0.2) is 0 Å². The maximum Gasteiger partial charge on any atom is 0.0540 e. The van der Waals surface area contributed by atoms with Crippen molar-refractivity contribution >= 4 is 60.5 Å². The first kappa shape index (κ1) is 35.3. The number of fused-ring (bicyclic) bond motifs is 4. The van der Waals surface area contributed by atoms with E-state index in [0.29, 0.717) is 0 Å². The van der Waals surface area contributed by atoms with Crippen molar-refractivity contribution in [3.63, 3.8) is 0 Å². The molecule has 56 heavy (non-hydrogen) atoms. The minimum Gasteiger partial charge on any atom is -0.310 e. The highest BCUT2D eigenvalue weighted by Crippen LogP contribution is 2.43. The fourth-order valence-electron chi connectivity index (χ4n) is 8.75. The lowest BCUT2D eigenvalue weighted by Crippen LogP contribution is -2.11. The third-order valence-electron chi connectivity index (χ3n) is 11.5. The van der Waals surface area contributed by atoms with E-state index >= 15 is 0 Å². The first-order valence-corrected chi connectivity index (χ1v) is 20.2. The molecule has 1 unspecified atom stereocenters.